The number of hydrogen-bond acceptors (Lipinski definition) is 4. The largest absolute Gasteiger partial charge is 0.465 e. The van der Waals surface area contributed by atoms with Gasteiger partial charge in [-0.15, -0.1) is 0 Å². The lowest BCUT2D eigenvalue weighted by molar-refractivity contribution is -0.158. The van der Waals surface area contributed by atoms with Gasteiger partial charge in [-0.3, -0.25) is 14.5 Å². The molecule has 0 unspecified atom stereocenters. The molecule has 0 amide bonds. The van der Waals surface area contributed by atoms with Crippen LogP contribution in [0.5, 0.6) is 0 Å². The summed E-state index contributed by atoms with van der Waals surface area (Å²) in [4.78, 5) is 25.8. The highest BCUT2D eigenvalue weighted by Crippen LogP contribution is 2.20. The third-order valence-corrected chi connectivity index (χ3v) is 2.97. The lowest BCUT2D eigenvalue weighted by atomic mass is 9.87. The van der Waals surface area contributed by atoms with E-state index in [0.29, 0.717) is 19.2 Å². The molecular formula is C13H25NO3. The average Bonchev–Trinajstić information content (AvgIpc) is 2.25. The van der Waals surface area contributed by atoms with Gasteiger partial charge in [-0.25, -0.2) is 0 Å². The van der Waals surface area contributed by atoms with Crippen molar-refractivity contribution in [3.63, 3.8) is 0 Å². The SMILES string of the molecule is CCOC(=O)C(C)(C)C(=O)CN(CC)C(C)C. The second kappa shape index (κ2) is 6.74. The number of nitrogens with zero attached hydrogens (tertiary/aromatic N) is 1. The monoisotopic (exact) mass is 243 g/mol. The molecule has 0 saturated heterocycles. The zero-order valence-corrected chi connectivity index (χ0v) is 11.9. The lowest BCUT2D eigenvalue weighted by Crippen LogP contribution is -2.44. The van der Waals surface area contributed by atoms with Gasteiger partial charge in [0.15, 0.2) is 5.78 Å². The summed E-state index contributed by atoms with van der Waals surface area (Å²) in [6, 6.07) is 0.293. The minimum absolute atomic E-state index is 0.0912. The number of hydrogen-bond donors (Lipinski definition) is 0. The van der Waals surface area contributed by atoms with Gasteiger partial charge in [0.2, 0.25) is 0 Å². The molecule has 0 rings (SSSR count). The number of ether oxygens (including phenoxy) is 1. The fourth-order valence-corrected chi connectivity index (χ4v) is 1.47. The second-order valence-corrected chi connectivity index (χ2v) is 4.93. The summed E-state index contributed by atoms with van der Waals surface area (Å²) in [5, 5.41) is 0. The molecule has 0 aromatic heterocycles. The van der Waals surface area contributed by atoms with E-state index in [1.54, 1.807) is 20.8 Å². The molecule has 0 N–H and O–H groups in total. The van der Waals surface area contributed by atoms with Gasteiger partial charge in [-0.1, -0.05) is 6.92 Å². The Hall–Kier alpha value is -0.900. The molecule has 4 heteroatoms. The molecule has 0 saturated carbocycles. The molecule has 0 fully saturated rings. The maximum atomic E-state index is 12.1. The normalized spacial score (nSPS) is 12.0. The Morgan fingerprint density at radius 2 is 1.76 bits per heavy atom. The van der Waals surface area contributed by atoms with Crippen molar-refractivity contribution in [3.8, 4) is 0 Å². The second-order valence-electron chi connectivity index (χ2n) is 4.93. The van der Waals surface area contributed by atoms with Crippen LogP contribution in [0.1, 0.15) is 41.5 Å². The van der Waals surface area contributed by atoms with Crippen LogP contribution in [0.15, 0.2) is 0 Å². The summed E-state index contributed by atoms with van der Waals surface area (Å²) in [6.07, 6.45) is 0. The quantitative estimate of drug-likeness (QED) is 0.506. The summed E-state index contributed by atoms with van der Waals surface area (Å²) in [7, 11) is 0. The topological polar surface area (TPSA) is 46.6 Å². The molecule has 4 nitrogen and oxygen atoms in total. The molecule has 100 valence electrons. The number of Topliss-reactive ketones (excluding diaryl/α,β-unsaturated/α-hetero) is 1. The van der Waals surface area contributed by atoms with Crippen molar-refractivity contribution in [3.05, 3.63) is 0 Å². The number of ketones is 1. The molecule has 0 bridgehead atoms. The molecule has 0 spiro atoms. The Bertz CT molecular complexity index is 272. The van der Waals surface area contributed by atoms with Crippen molar-refractivity contribution in [2.75, 3.05) is 19.7 Å². The first-order valence-electron chi connectivity index (χ1n) is 6.21. The lowest BCUT2D eigenvalue weighted by Gasteiger charge is -2.28. The minimum atomic E-state index is -1.06. The highest BCUT2D eigenvalue weighted by molar-refractivity contribution is 6.03. The Balaban J connectivity index is 4.63. The summed E-state index contributed by atoms with van der Waals surface area (Å²) in [5.74, 6) is -0.531. The van der Waals surface area contributed by atoms with Crippen LogP contribution in [-0.2, 0) is 14.3 Å². The van der Waals surface area contributed by atoms with Crippen LogP contribution in [0.25, 0.3) is 0 Å². The standard InChI is InChI=1S/C13H25NO3/c1-7-14(10(3)4)9-11(15)13(5,6)12(16)17-8-2/h10H,7-9H2,1-6H3. The summed E-state index contributed by atoms with van der Waals surface area (Å²) in [5.41, 5.74) is -1.06. The molecule has 0 radical (unpaired) electrons. The van der Waals surface area contributed by atoms with Crippen LogP contribution in [-0.4, -0.2) is 42.4 Å². The minimum Gasteiger partial charge on any atom is -0.465 e. The Morgan fingerprint density at radius 1 is 1.24 bits per heavy atom. The van der Waals surface area contributed by atoms with Gasteiger partial charge in [0.25, 0.3) is 0 Å². The molecule has 0 aromatic rings. The van der Waals surface area contributed by atoms with E-state index in [4.69, 9.17) is 4.74 Å². The fourth-order valence-electron chi connectivity index (χ4n) is 1.47. The maximum absolute atomic E-state index is 12.1. The summed E-state index contributed by atoms with van der Waals surface area (Å²) < 4.78 is 4.93. The molecule has 0 heterocycles. The van der Waals surface area contributed by atoms with Crippen LogP contribution in [0, 0.1) is 5.41 Å². The Kier molecular flexibility index (Phi) is 6.39. The van der Waals surface area contributed by atoms with Crippen molar-refractivity contribution in [2.45, 2.75) is 47.6 Å². The predicted octanol–water partition coefficient (Wildman–Crippen LogP) is 1.88. The van der Waals surface area contributed by atoms with Gasteiger partial charge in [0, 0.05) is 6.04 Å². The first-order valence-corrected chi connectivity index (χ1v) is 6.21. The predicted molar refractivity (Wildman–Crippen MR) is 67.8 cm³/mol. The molecule has 0 aromatic carbocycles. The van der Waals surface area contributed by atoms with Gasteiger partial charge in [0.1, 0.15) is 5.41 Å². The zero-order valence-electron chi connectivity index (χ0n) is 11.9. The van der Waals surface area contributed by atoms with Gasteiger partial charge in [-0.2, -0.15) is 0 Å². The fraction of sp³-hybridized carbons (Fsp3) is 0.846. The van der Waals surface area contributed by atoms with Crippen LogP contribution >= 0.6 is 0 Å². The van der Waals surface area contributed by atoms with Crippen molar-refractivity contribution in [1.82, 2.24) is 4.90 Å². The van der Waals surface area contributed by atoms with E-state index in [0.717, 1.165) is 6.54 Å². The van der Waals surface area contributed by atoms with E-state index in [1.807, 2.05) is 25.7 Å². The molecule has 0 aliphatic carbocycles. The summed E-state index contributed by atoms with van der Waals surface area (Å²) >= 11 is 0. The van der Waals surface area contributed by atoms with Crippen LogP contribution in [0.2, 0.25) is 0 Å². The van der Waals surface area contributed by atoms with E-state index < -0.39 is 11.4 Å². The van der Waals surface area contributed by atoms with Crippen molar-refractivity contribution in [1.29, 1.82) is 0 Å². The van der Waals surface area contributed by atoms with E-state index in [9.17, 15) is 9.59 Å². The molecule has 0 aliphatic heterocycles. The number of carbonyl (C=O) groups excluding carboxylic acids is 2. The van der Waals surface area contributed by atoms with E-state index in [-0.39, 0.29) is 5.78 Å². The smallest absolute Gasteiger partial charge is 0.319 e. The Morgan fingerprint density at radius 3 is 2.12 bits per heavy atom. The van der Waals surface area contributed by atoms with Gasteiger partial charge in [0.05, 0.1) is 13.2 Å². The van der Waals surface area contributed by atoms with Crippen LogP contribution in [0.3, 0.4) is 0 Å². The Labute approximate surface area is 104 Å². The molecule has 17 heavy (non-hydrogen) atoms. The first-order chi connectivity index (χ1) is 7.77. The molecule has 0 aliphatic rings. The molecular weight excluding hydrogens is 218 g/mol. The van der Waals surface area contributed by atoms with Crippen molar-refractivity contribution in [2.24, 2.45) is 5.41 Å². The maximum Gasteiger partial charge on any atom is 0.319 e. The van der Waals surface area contributed by atoms with Crippen molar-refractivity contribution < 1.29 is 14.3 Å². The zero-order chi connectivity index (χ0) is 13.6. The highest BCUT2D eigenvalue weighted by atomic mass is 16.5. The first kappa shape index (κ1) is 16.1. The van der Waals surface area contributed by atoms with Gasteiger partial charge >= 0.3 is 5.97 Å². The van der Waals surface area contributed by atoms with E-state index in [2.05, 4.69) is 0 Å². The van der Waals surface area contributed by atoms with Gasteiger partial charge < -0.3 is 4.74 Å². The number of rotatable bonds is 7. The molecule has 0 atom stereocenters. The number of esters is 1. The van der Waals surface area contributed by atoms with Crippen LogP contribution in [0.4, 0.5) is 0 Å². The summed E-state index contributed by atoms with van der Waals surface area (Å²) in [6.45, 7) is 12.5. The van der Waals surface area contributed by atoms with E-state index in [1.165, 1.54) is 0 Å². The number of likely N-dealkylation sites (N-methyl/N-ethyl adjacent to an activating group) is 1. The third kappa shape index (κ3) is 4.46. The average molecular weight is 243 g/mol. The highest BCUT2D eigenvalue weighted by Gasteiger charge is 2.37. The van der Waals surface area contributed by atoms with Gasteiger partial charge in [-0.05, 0) is 41.2 Å². The third-order valence-electron chi connectivity index (χ3n) is 2.97. The number of carbonyl (C=O) groups is 2. The van der Waals surface area contributed by atoms with E-state index >= 15 is 0 Å². The van der Waals surface area contributed by atoms with Crippen molar-refractivity contribution >= 4 is 11.8 Å². The van der Waals surface area contributed by atoms with Crippen LogP contribution < -0.4 is 0 Å².